The molecule has 33 heavy (non-hydrogen) atoms. The van der Waals surface area contributed by atoms with Gasteiger partial charge in [-0.25, -0.2) is 0 Å². The fraction of sp³-hybridized carbons (Fsp3) is 0.231. The summed E-state index contributed by atoms with van der Waals surface area (Å²) in [7, 11) is -2.36. The van der Waals surface area contributed by atoms with Gasteiger partial charge in [0.2, 0.25) is 0 Å². The third kappa shape index (κ3) is 10.1. The molecule has 0 aliphatic heterocycles. The summed E-state index contributed by atoms with van der Waals surface area (Å²) >= 11 is 0. The van der Waals surface area contributed by atoms with Gasteiger partial charge in [0.25, 0.3) is 0 Å². The van der Waals surface area contributed by atoms with E-state index in [-0.39, 0.29) is 48.7 Å². The van der Waals surface area contributed by atoms with Crippen LogP contribution < -0.4 is 24.8 Å². The summed E-state index contributed by atoms with van der Waals surface area (Å²) in [5, 5.41) is 2.45. The predicted octanol–water partition coefficient (Wildman–Crippen LogP) is 0.956. The Bertz CT molecular complexity index is 1040. The molecule has 172 valence electrons. The van der Waals surface area contributed by atoms with Crippen molar-refractivity contribution < 1.29 is 24.8 Å². The summed E-state index contributed by atoms with van der Waals surface area (Å²) < 4.78 is 0. The van der Waals surface area contributed by atoms with Crippen molar-refractivity contribution in [3.63, 3.8) is 0 Å². The number of benzene rings is 2. The zero-order chi connectivity index (χ0) is 21.8. The van der Waals surface area contributed by atoms with Crippen LogP contribution in [0, 0.1) is 12.1 Å². The van der Waals surface area contributed by atoms with Crippen LogP contribution in [-0.2, 0) is 0 Å². The standard InChI is InChI=1S/2C13H16NSi.2ClH.Sn/c2*1-15(2,3)10-12-7-4-6-11-8-5-9-14-13(11)12;;;/h2*4-10H,1-3H3;2*1H;/q;;;;+2/p-2. The number of para-hydroxylation sites is 2. The Morgan fingerprint density at radius 3 is 1.21 bits per heavy atom. The second kappa shape index (κ2) is 13.8. The maximum absolute atomic E-state index is 4.46. The molecule has 0 atom stereocenters. The molecule has 0 spiro atoms. The van der Waals surface area contributed by atoms with Crippen LogP contribution in [0.25, 0.3) is 21.8 Å². The third-order valence-corrected chi connectivity index (χ3v) is 6.86. The maximum atomic E-state index is 4.46. The molecule has 0 N–H and O–H groups in total. The van der Waals surface area contributed by atoms with E-state index in [0.29, 0.717) is 0 Å². The van der Waals surface area contributed by atoms with Crippen LogP contribution in [0.15, 0.2) is 73.1 Å². The second-order valence-electron chi connectivity index (χ2n) is 9.87. The molecule has 0 aliphatic rings. The van der Waals surface area contributed by atoms with Gasteiger partial charge in [0.05, 0.1) is 27.2 Å². The number of hydrogen-bond acceptors (Lipinski definition) is 2. The van der Waals surface area contributed by atoms with Gasteiger partial charge in [-0.2, -0.15) is 0 Å². The van der Waals surface area contributed by atoms with Gasteiger partial charge in [-0.3, -0.25) is 9.97 Å². The van der Waals surface area contributed by atoms with Crippen molar-refractivity contribution in [2.75, 3.05) is 0 Å². The number of aromatic nitrogens is 2. The van der Waals surface area contributed by atoms with Crippen molar-refractivity contribution in [1.82, 2.24) is 9.97 Å². The Labute approximate surface area is 230 Å². The van der Waals surface area contributed by atoms with Gasteiger partial charge in [-0.05, 0) is 35.3 Å². The van der Waals surface area contributed by atoms with Gasteiger partial charge in [-0.1, -0.05) is 87.8 Å². The van der Waals surface area contributed by atoms with Crippen molar-refractivity contribution in [2.24, 2.45) is 0 Å². The zero-order valence-corrected chi connectivity index (χ0v) is 26.6. The molecule has 0 amide bonds. The number of pyridine rings is 2. The number of nitrogens with zero attached hydrogens (tertiary/aromatic N) is 2. The van der Waals surface area contributed by atoms with E-state index >= 15 is 0 Å². The number of halogens is 2. The van der Waals surface area contributed by atoms with Crippen molar-refractivity contribution in [2.45, 2.75) is 39.3 Å². The SMILES string of the molecule is C[Si](C)(C)[CH]c1cccc2cccnc12.C[Si](C)(C)[CH]c1cccc2cccnc12.[Cl-].[Cl-].[Sn+2]. The Kier molecular flexibility index (Phi) is 13.4. The van der Waals surface area contributed by atoms with Gasteiger partial charge in [0, 0.05) is 23.2 Å². The van der Waals surface area contributed by atoms with E-state index in [4.69, 9.17) is 0 Å². The average molecular weight is 618 g/mol. The fourth-order valence-corrected chi connectivity index (χ4v) is 5.75. The summed E-state index contributed by atoms with van der Waals surface area (Å²) in [6, 6.07) is 25.8. The number of hydrogen-bond donors (Lipinski definition) is 0. The molecule has 2 aromatic heterocycles. The van der Waals surface area contributed by atoms with Crippen LogP contribution in [0.3, 0.4) is 0 Å². The van der Waals surface area contributed by atoms with Crippen LogP contribution in [0.2, 0.25) is 39.3 Å². The van der Waals surface area contributed by atoms with Crippen molar-refractivity contribution in [3.05, 3.63) is 96.3 Å². The van der Waals surface area contributed by atoms with E-state index in [1.807, 2.05) is 24.5 Å². The summed E-state index contributed by atoms with van der Waals surface area (Å²) in [5.41, 5.74) is 4.82. The summed E-state index contributed by atoms with van der Waals surface area (Å²) in [6.45, 7) is 14.1. The molecule has 0 bridgehead atoms. The van der Waals surface area contributed by atoms with Gasteiger partial charge < -0.3 is 24.8 Å². The minimum absolute atomic E-state index is 0. The Balaban J connectivity index is 0.000000569. The molecule has 0 aliphatic carbocycles. The van der Waals surface area contributed by atoms with E-state index in [1.165, 1.54) is 21.9 Å². The van der Waals surface area contributed by atoms with Gasteiger partial charge in [-0.15, -0.1) is 0 Å². The third-order valence-electron chi connectivity index (χ3n) is 4.50. The molecule has 7 heteroatoms. The molecule has 4 radical (unpaired) electrons. The Morgan fingerprint density at radius 1 is 0.545 bits per heavy atom. The molecule has 4 rings (SSSR count). The monoisotopic (exact) mass is 618 g/mol. The van der Waals surface area contributed by atoms with Crippen LogP contribution in [0.4, 0.5) is 0 Å². The van der Waals surface area contributed by atoms with Crippen molar-refractivity contribution >= 4 is 61.9 Å². The predicted molar refractivity (Wildman–Crippen MR) is 143 cm³/mol. The molecule has 0 fully saturated rings. The minimum Gasteiger partial charge on any atom is -1.00 e. The first kappa shape index (κ1) is 32.1. The molecular formula is C26H32Cl2N2Si2Sn. The molecule has 2 aromatic carbocycles. The molecule has 0 saturated carbocycles. The first-order chi connectivity index (χ1) is 14.1. The van der Waals surface area contributed by atoms with Crippen LogP contribution in [0.5, 0.6) is 0 Å². The normalized spacial score (nSPS) is 10.8. The van der Waals surface area contributed by atoms with Crippen LogP contribution in [0.1, 0.15) is 11.1 Å². The van der Waals surface area contributed by atoms with E-state index in [2.05, 4.69) is 110 Å². The second-order valence-corrected chi connectivity index (χ2v) is 19.9. The smallest absolute Gasteiger partial charge is 1.00 e. The Hall–Kier alpha value is -0.928. The largest absolute Gasteiger partial charge is 2.00 e. The quantitative estimate of drug-likeness (QED) is 0.319. The number of fused-ring (bicyclic) bond motifs is 2. The topological polar surface area (TPSA) is 25.8 Å². The minimum atomic E-state index is -1.18. The molecular weight excluding hydrogens is 586 g/mol. The zero-order valence-electron chi connectivity index (χ0n) is 20.2. The summed E-state index contributed by atoms with van der Waals surface area (Å²) in [6.07, 6.45) is 3.73. The molecule has 4 aromatic rings. The van der Waals surface area contributed by atoms with E-state index in [9.17, 15) is 0 Å². The number of rotatable bonds is 4. The first-order valence-corrected chi connectivity index (χ1v) is 17.7. The molecule has 0 unspecified atom stereocenters. The summed E-state index contributed by atoms with van der Waals surface area (Å²) in [4.78, 5) is 8.91. The maximum Gasteiger partial charge on any atom is 2.00 e. The molecule has 2 heterocycles. The average Bonchev–Trinajstić information content (AvgIpc) is 2.67. The van der Waals surface area contributed by atoms with E-state index in [1.54, 1.807) is 0 Å². The van der Waals surface area contributed by atoms with Crippen molar-refractivity contribution in [1.29, 1.82) is 0 Å². The molecule has 2 nitrogen and oxygen atoms in total. The van der Waals surface area contributed by atoms with Gasteiger partial charge in [0.15, 0.2) is 0 Å². The van der Waals surface area contributed by atoms with E-state index in [0.717, 1.165) is 11.0 Å². The molecule has 0 saturated heterocycles. The fourth-order valence-electron chi connectivity index (χ4n) is 3.42. The van der Waals surface area contributed by atoms with Gasteiger partial charge >= 0.3 is 23.9 Å². The van der Waals surface area contributed by atoms with Crippen molar-refractivity contribution in [3.8, 4) is 0 Å². The van der Waals surface area contributed by atoms with E-state index < -0.39 is 16.1 Å². The van der Waals surface area contributed by atoms with Crippen LogP contribution >= 0.6 is 0 Å². The Morgan fingerprint density at radius 2 is 0.879 bits per heavy atom. The van der Waals surface area contributed by atoms with Gasteiger partial charge in [0.1, 0.15) is 0 Å². The summed E-state index contributed by atoms with van der Waals surface area (Å²) in [5.74, 6) is 0. The first-order valence-electron chi connectivity index (χ1n) is 10.5. The van der Waals surface area contributed by atoms with Crippen LogP contribution in [-0.4, -0.2) is 50.0 Å².